The van der Waals surface area contributed by atoms with Crippen molar-refractivity contribution in [1.29, 1.82) is 0 Å². The van der Waals surface area contributed by atoms with Gasteiger partial charge in [0.1, 0.15) is 5.82 Å². The number of aliphatic imine (C=N–C) groups is 1. The van der Waals surface area contributed by atoms with Gasteiger partial charge in [-0.15, -0.1) is 0 Å². The molecule has 136 valence electrons. The van der Waals surface area contributed by atoms with Crippen molar-refractivity contribution in [3.63, 3.8) is 0 Å². The van der Waals surface area contributed by atoms with E-state index >= 15 is 0 Å². The number of amides is 1. The molecule has 3 heterocycles. The van der Waals surface area contributed by atoms with Crippen LogP contribution >= 0.6 is 11.6 Å². The maximum Gasteiger partial charge on any atom is 0.232 e. The van der Waals surface area contributed by atoms with Gasteiger partial charge in [-0.1, -0.05) is 11.6 Å². The molecule has 0 bridgehead atoms. The van der Waals surface area contributed by atoms with Crippen LogP contribution in [0.25, 0.3) is 0 Å². The van der Waals surface area contributed by atoms with Crippen molar-refractivity contribution in [2.24, 2.45) is 4.99 Å². The average Bonchev–Trinajstić information content (AvgIpc) is 3.05. The molecule has 0 radical (unpaired) electrons. The number of carbonyl (C=O) groups is 2. The SMILES string of the molecule is O=C1C=C(N2CCOCC2)N=C(CC(=O)N2CCc3cc(Cl)ccc32)C1. The van der Waals surface area contributed by atoms with Gasteiger partial charge in [0, 0.05) is 48.6 Å². The van der Waals surface area contributed by atoms with E-state index in [1.54, 1.807) is 17.0 Å². The van der Waals surface area contributed by atoms with E-state index in [1.807, 2.05) is 17.0 Å². The van der Waals surface area contributed by atoms with Crippen LogP contribution in [0.1, 0.15) is 18.4 Å². The highest BCUT2D eigenvalue weighted by molar-refractivity contribution is 6.30. The van der Waals surface area contributed by atoms with Crippen LogP contribution in [0.5, 0.6) is 0 Å². The number of hydrogen-bond acceptors (Lipinski definition) is 5. The van der Waals surface area contributed by atoms with E-state index in [0.717, 1.165) is 17.7 Å². The lowest BCUT2D eigenvalue weighted by Gasteiger charge is -2.30. The highest BCUT2D eigenvalue weighted by atomic mass is 35.5. The van der Waals surface area contributed by atoms with Crippen molar-refractivity contribution in [2.45, 2.75) is 19.3 Å². The Bertz CT molecular complexity index is 812. The van der Waals surface area contributed by atoms with Gasteiger partial charge in [-0.25, -0.2) is 4.99 Å². The van der Waals surface area contributed by atoms with E-state index in [0.29, 0.717) is 49.4 Å². The number of anilines is 1. The largest absolute Gasteiger partial charge is 0.378 e. The molecule has 26 heavy (non-hydrogen) atoms. The normalized spacial score (nSPS) is 20.0. The molecule has 1 saturated heterocycles. The Morgan fingerprint density at radius 1 is 1.23 bits per heavy atom. The minimum atomic E-state index is -0.0270. The quantitative estimate of drug-likeness (QED) is 0.815. The highest BCUT2D eigenvalue weighted by Crippen LogP contribution is 2.31. The van der Waals surface area contributed by atoms with Crippen LogP contribution in [0, 0.1) is 0 Å². The summed E-state index contributed by atoms with van der Waals surface area (Å²) in [6.07, 6.45) is 2.74. The second kappa shape index (κ2) is 7.21. The Morgan fingerprint density at radius 3 is 2.85 bits per heavy atom. The molecule has 4 rings (SSSR count). The predicted octanol–water partition coefficient (Wildman–Crippen LogP) is 2.21. The summed E-state index contributed by atoms with van der Waals surface area (Å²) in [6, 6.07) is 5.59. The molecule has 1 aromatic carbocycles. The van der Waals surface area contributed by atoms with Gasteiger partial charge in [0.05, 0.1) is 19.6 Å². The third kappa shape index (κ3) is 3.52. The van der Waals surface area contributed by atoms with E-state index in [2.05, 4.69) is 4.99 Å². The number of rotatable bonds is 3. The molecular formula is C19H20ClN3O3. The molecule has 1 amide bonds. The molecule has 1 aromatic rings. The van der Waals surface area contributed by atoms with Gasteiger partial charge >= 0.3 is 0 Å². The van der Waals surface area contributed by atoms with Gasteiger partial charge < -0.3 is 14.5 Å². The van der Waals surface area contributed by atoms with Crippen LogP contribution in [0.15, 0.2) is 35.1 Å². The van der Waals surface area contributed by atoms with Crippen molar-refractivity contribution in [1.82, 2.24) is 4.90 Å². The first-order valence-electron chi connectivity index (χ1n) is 8.82. The maximum atomic E-state index is 12.8. The lowest BCUT2D eigenvalue weighted by Crippen LogP contribution is -2.37. The van der Waals surface area contributed by atoms with Gasteiger partial charge in [-0.05, 0) is 30.2 Å². The topological polar surface area (TPSA) is 62.2 Å². The van der Waals surface area contributed by atoms with Crippen LogP contribution in [-0.4, -0.2) is 55.2 Å². The zero-order valence-electron chi connectivity index (χ0n) is 14.4. The van der Waals surface area contributed by atoms with E-state index < -0.39 is 0 Å². The predicted molar refractivity (Wildman–Crippen MR) is 99.7 cm³/mol. The number of morpholine rings is 1. The summed E-state index contributed by atoms with van der Waals surface area (Å²) in [7, 11) is 0. The minimum absolute atomic E-state index is 0.00195. The number of hydrogen-bond donors (Lipinski definition) is 0. The van der Waals surface area contributed by atoms with E-state index in [9.17, 15) is 9.59 Å². The molecule has 0 atom stereocenters. The second-order valence-corrected chi connectivity index (χ2v) is 7.10. The summed E-state index contributed by atoms with van der Waals surface area (Å²) in [5, 5.41) is 0.681. The Morgan fingerprint density at radius 2 is 2.04 bits per heavy atom. The molecule has 0 aromatic heterocycles. The summed E-state index contributed by atoms with van der Waals surface area (Å²) >= 11 is 6.03. The number of halogens is 1. The third-order valence-electron chi connectivity index (χ3n) is 4.87. The molecule has 0 N–H and O–H groups in total. The smallest absolute Gasteiger partial charge is 0.232 e. The zero-order chi connectivity index (χ0) is 18.1. The zero-order valence-corrected chi connectivity index (χ0v) is 15.2. The van der Waals surface area contributed by atoms with Gasteiger partial charge in [0.25, 0.3) is 0 Å². The summed E-state index contributed by atoms with van der Waals surface area (Å²) in [5.74, 6) is 0.625. The number of fused-ring (bicyclic) bond motifs is 1. The van der Waals surface area contributed by atoms with E-state index in [1.165, 1.54) is 0 Å². The minimum Gasteiger partial charge on any atom is -0.378 e. The number of allylic oxidation sites excluding steroid dienone is 1. The first-order valence-corrected chi connectivity index (χ1v) is 9.20. The maximum absolute atomic E-state index is 12.8. The first kappa shape index (κ1) is 17.2. The molecule has 0 aliphatic carbocycles. The van der Waals surface area contributed by atoms with Crippen LogP contribution < -0.4 is 4.90 Å². The molecule has 3 aliphatic heterocycles. The number of ketones is 1. The number of ether oxygens (including phenoxy) is 1. The van der Waals surface area contributed by atoms with Gasteiger partial charge in [-0.3, -0.25) is 9.59 Å². The molecule has 0 spiro atoms. The lowest BCUT2D eigenvalue weighted by atomic mass is 10.1. The fraction of sp³-hybridized carbons (Fsp3) is 0.421. The van der Waals surface area contributed by atoms with Gasteiger partial charge in [0.2, 0.25) is 5.91 Å². The van der Waals surface area contributed by atoms with Gasteiger partial charge in [0.15, 0.2) is 5.78 Å². The van der Waals surface area contributed by atoms with Crippen LogP contribution in [0.3, 0.4) is 0 Å². The number of nitrogens with zero attached hydrogens (tertiary/aromatic N) is 3. The summed E-state index contributed by atoms with van der Waals surface area (Å²) in [4.78, 5) is 33.3. The third-order valence-corrected chi connectivity index (χ3v) is 5.10. The van der Waals surface area contributed by atoms with Gasteiger partial charge in [-0.2, -0.15) is 0 Å². The monoisotopic (exact) mass is 373 g/mol. The molecule has 0 saturated carbocycles. The van der Waals surface area contributed by atoms with Crippen molar-refractivity contribution in [3.05, 3.63) is 40.7 Å². The summed E-state index contributed by atoms with van der Waals surface area (Å²) in [6.45, 7) is 3.32. The molecule has 7 heteroatoms. The highest BCUT2D eigenvalue weighted by Gasteiger charge is 2.27. The van der Waals surface area contributed by atoms with E-state index in [-0.39, 0.29) is 24.5 Å². The lowest BCUT2D eigenvalue weighted by molar-refractivity contribution is -0.117. The molecular weight excluding hydrogens is 354 g/mol. The van der Waals surface area contributed by atoms with Crippen molar-refractivity contribution >= 4 is 34.7 Å². The van der Waals surface area contributed by atoms with Crippen molar-refractivity contribution in [3.8, 4) is 0 Å². The first-order chi connectivity index (χ1) is 12.6. The van der Waals surface area contributed by atoms with Crippen LogP contribution in [0.4, 0.5) is 5.69 Å². The standard InChI is InChI=1S/C19H20ClN3O3/c20-14-1-2-17-13(9-14)3-4-23(17)19(25)11-15-10-16(24)12-18(21-15)22-5-7-26-8-6-22/h1-2,9,12H,3-8,10-11H2. The summed E-state index contributed by atoms with van der Waals surface area (Å²) < 4.78 is 5.35. The molecule has 6 nitrogen and oxygen atoms in total. The van der Waals surface area contributed by atoms with E-state index in [4.69, 9.17) is 16.3 Å². The fourth-order valence-corrected chi connectivity index (χ4v) is 3.78. The molecule has 3 aliphatic rings. The Kier molecular flexibility index (Phi) is 4.78. The second-order valence-electron chi connectivity index (χ2n) is 6.67. The number of carbonyl (C=O) groups excluding carboxylic acids is 2. The Labute approximate surface area is 157 Å². The molecule has 1 fully saturated rings. The Balaban J connectivity index is 1.48. The number of benzene rings is 1. The summed E-state index contributed by atoms with van der Waals surface area (Å²) in [5.41, 5.74) is 2.62. The average molecular weight is 374 g/mol. The molecule has 0 unspecified atom stereocenters. The fourth-order valence-electron chi connectivity index (χ4n) is 3.59. The van der Waals surface area contributed by atoms with Crippen molar-refractivity contribution in [2.75, 3.05) is 37.7 Å². The van der Waals surface area contributed by atoms with Crippen molar-refractivity contribution < 1.29 is 14.3 Å². The Hall–Kier alpha value is -2.18. The van der Waals surface area contributed by atoms with Crippen LogP contribution in [-0.2, 0) is 20.7 Å². The van der Waals surface area contributed by atoms with Crippen LogP contribution in [0.2, 0.25) is 5.02 Å².